The number of nitrogens with zero attached hydrogens (tertiary/aromatic N) is 1. The summed E-state index contributed by atoms with van der Waals surface area (Å²) < 4.78 is 0. The van der Waals surface area contributed by atoms with E-state index in [1.165, 1.54) is 17.0 Å². The fourth-order valence-electron chi connectivity index (χ4n) is 1.51. The average molecular weight is 292 g/mol. The second-order valence-electron chi connectivity index (χ2n) is 5.74. The molecule has 114 valence electrons. The fraction of sp³-hybridized carbons (Fsp3) is 0.400. The van der Waals surface area contributed by atoms with Gasteiger partial charge >= 0.3 is 5.97 Å². The second-order valence-corrected chi connectivity index (χ2v) is 5.74. The van der Waals surface area contributed by atoms with E-state index in [-0.39, 0.29) is 23.9 Å². The molecule has 1 aromatic carbocycles. The van der Waals surface area contributed by atoms with Gasteiger partial charge in [0.05, 0.1) is 12.1 Å². The standard InChI is InChI=1S/C15H20N2O4/c1-15(2,3)14(21)16-9-12(18)17(4)11-7-5-10(6-8-11)13(19)20/h5-8H,9H2,1-4H3,(H,16,21)(H,19,20). The van der Waals surface area contributed by atoms with Crippen molar-refractivity contribution in [1.82, 2.24) is 5.32 Å². The number of carbonyl (C=O) groups excluding carboxylic acids is 2. The molecule has 0 unspecified atom stereocenters. The van der Waals surface area contributed by atoms with Crippen LogP contribution in [0.2, 0.25) is 0 Å². The predicted octanol–water partition coefficient (Wildman–Crippen LogP) is 1.51. The first kappa shape index (κ1) is 16.7. The molecule has 0 fully saturated rings. The Morgan fingerprint density at radius 3 is 2.10 bits per heavy atom. The van der Waals surface area contributed by atoms with Crippen LogP contribution in [0.3, 0.4) is 0 Å². The summed E-state index contributed by atoms with van der Waals surface area (Å²) >= 11 is 0. The zero-order chi connectivity index (χ0) is 16.2. The van der Waals surface area contributed by atoms with Crippen molar-refractivity contribution in [2.75, 3.05) is 18.5 Å². The van der Waals surface area contributed by atoms with Crippen molar-refractivity contribution in [3.63, 3.8) is 0 Å². The molecule has 0 atom stereocenters. The van der Waals surface area contributed by atoms with E-state index >= 15 is 0 Å². The van der Waals surface area contributed by atoms with Crippen molar-refractivity contribution in [1.29, 1.82) is 0 Å². The van der Waals surface area contributed by atoms with Gasteiger partial charge in [-0.15, -0.1) is 0 Å². The normalized spacial score (nSPS) is 10.9. The minimum Gasteiger partial charge on any atom is -0.478 e. The lowest BCUT2D eigenvalue weighted by Gasteiger charge is -2.21. The van der Waals surface area contributed by atoms with Gasteiger partial charge in [-0.25, -0.2) is 4.79 Å². The Morgan fingerprint density at radius 2 is 1.67 bits per heavy atom. The van der Waals surface area contributed by atoms with Gasteiger partial charge in [0.25, 0.3) is 0 Å². The molecule has 0 radical (unpaired) electrons. The van der Waals surface area contributed by atoms with Crippen molar-refractivity contribution in [2.45, 2.75) is 20.8 Å². The lowest BCUT2D eigenvalue weighted by Crippen LogP contribution is -2.42. The maximum atomic E-state index is 12.0. The number of nitrogens with one attached hydrogen (secondary N) is 1. The van der Waals surface area contributed by atoms with Crippen molar-refractivity contribution >= 4 is 23.5 Å². The van der Waals surface area contributed by atoms with E-state index in [2.05, 4.69) is 5.32 Å². The first-order valence-electron chi connectivity index (χ1n) is 6.51. The number of likely N-dealkylation sites (N-methyl/N-ethyl adjacent to an activating group) is 1. The third kappa shape index (κ3) is 4.59. The van der Waals surface area contributed by atoms with Gasteiger partial charge in [0.15, 0.2) is 0 Å². The van der Waals surface area contributed by atoms with Crippen LogP contribution >= 0.6 is 0 Å². The Balaban J connectivity index is 2.66. The number of carbonyl (C=O) groups is 3. The third-order valence-electron chi connectivity index (χ3n) is 2.96. The number of benzene rings is 1. The highest BCUT2D eigenvalue weighted by molar-refractivity contribution is 5.97. The number of carboxylic acid groups (broad SMARTS) is 1. The zero-order valence-electron chi connectivity index (χ0n) is 12.6. The van der Waals surface area contributed by atoms with Crippen LogP contribution in [0.5, 0.6) is 0 Å². The highest BCUT2D eigenvalue weighted by atomic mass is 16.4. The quantitative estimate of drug-likeness (QED) is 0.880. The number of aromatic carboxylic acids is 1. The van der Waals surface area contributed by atoms with Crippen LogP contribution in [-0.4, -0.2) is 36.5 Å². The summed E-state index contributed by atoms with van der Waals surface area (Å²) in [4.78, 5) is 35.8. The van der Waals surface area contributed by atoms with Gasteiger partial charge in [-0.3, -0.25) is 9.59 Å². The van der Waals surface area contributed by atoms with Gasteiger partial charge in [-0.1, -0.05) is 20.8 Å². The molecule has 0 aliphatic carbocycles. The predicted molar refractivity (Wildman–Crippen MR) is 79.3 cm³/mol. The van der Waals surface area contributed by atoms with Crippen LogP contribution in [0.4, 0.5) is 5.69 Å². The lowest BCUT2D eigenvalue weighted by atomic mass is 9.96. The molecule has 6 nitrogen and oxygen atoms in total. The highest BCUT2D eigenvalue weighted by Gasteiger charge is 2.22. The molecular formula is C15H20N2O4. The van der Waals surface area contributed by atoms with Crippen molar-refractivity contribution in [2.24, 2.45) is 5.41 Å². The van der Waals surface area contributed by atoms with Crippen LogP contribution < -0.4 is 10.2 Å². The summed E-state index contributed by atoms with van der Waals surface area (Å²) in [7, 11) is 1.57. The smallest absolute Gasteiger partial charge is 0.335 e. The van der Waals surface area contributed by atoms with Gasteiger partial charge in [0, 0.05) is 18.2 Å². The van der Waals surface area contributed by atoms with E-state index in [0.717, 1.165) is 0 Å². The molecule has 0 bridgehead atoms. The first-order valence-corrected chi connectivity index (χ1v) is 6.51. The van der Waals surface area contributed by atoms with E-state index in [4.69, 9.17) is 5.11 Å². The van der Waals surface area contributed by atoms with Gasteiger partial charge in [-0.05, 0) is 24.3 Å². The molecule has 0 aliphatic rings. The number of amides is 2. The van der Waals surface area contributed by atoms with E-state index in [0.29, 0.717) is 5.69 Å². The topological polar surface area (TPSA) is 86.7 Å². The highest BCUT2D eigenvalue weighted by Crippen LogP contribution is 2.15. The third-order valence-corrected chi connectivity index (χ3v) is 2.96. The van der Waals surface area contributed by atoms with Crippen molar-refractivity contribution in [3.05, 3.63) is 29.8 Å². The SMILES string of the molecule is CN(C(=O)CNC(=O)C(C)(C)C)c1ccc(C(=O)O)cc1. The zero-order valence-corrected chi connectivity index (χ0v) is 12.6. The van der Waals surface area contributed by atoms with Gasteiger partial charge in [0.2, 0.25) is 11.8 Å². The summed E-state index contributed by atoms with van der Waals surface area (Å²) in [6.07, 6.45) is 0. The Kier molecular flexibility index (Phi) is 5.07. The molecule has 0 saturated heterocycles. The number of hydrogen-bond acceptors (Lipinski definition) is 3. The summed E-state index contributed by atoms with van der Waals surface area (Å²) in [5, 5.41) is 11.4. The van der Waals surface area contributed by atoms with Crippen LogP contribution in [0.25, 0.3) is 0 Å². The molecule has 0 aliphatic heterocycles. The molecule has 0 saturated carbocycles. The molecule has 2 N–H and O–H groups in total. The van der Waals surface area contributed by atoms with E-state index in [9.17, 15) is 14.4 Å². The number of carboxylic acids is 1. The largest absolute Gasteiger partial charge is 0.478 e. The van der Waals surface area contributed by atoms with Crippen molar-refractivity contribution in [3.8, 4) is 0 Å². The Bertz CT molecular complexity index is 544. The summed E-state index contributed by atoms with van der Waals surface area (Å²) in [5.74, 6) is -1.51. The Labute approximate surface area is 123 Å². The van der Waals surface area contributed by atoms with E-state index in [1.807, 2.05) is 0 Å². The Morgan fingerprint density at radius 1 is 1.14 bits per heavy atom. The van der Waals surface area contributed by atoms with Gasteiger partial charge in [0.1, 0.15) is 0 Å². The monoisotopic (exact) mass is 292 g/mol. The number of anilines is 1. The van der Waals surface area contributed by atoms with Crippen LogP contribution in [0.1, 0.15) is 31.1 Å². The van der Waals surface area contributed by atoms with Crippen LogP contribution in [0, 0.1) is 5.41 Å². The molecule has 6 heteroatoms. The second kappa shape index (κ2) is 6.39. The maximum absolute atomic E-state index is 12.0. The molecule has 1 rings (SSSR count). The summed E-state index contributed by atoms with van der Waals surface area (Å²) in [6, 6.07) is 5.95. The minimum absolute atomic E-state index is 0.104. The Hall–Kier alpha value is -2.37. The van der Waals surface area contributed by atoms with Crippen molar-refractivity contribution < 1.29 is 19.5 Å². The molecule has 1 aromatic rings. The average Bonchev–Trinajstić information content (AvgIpc) is 2.42. The molecule has 21 heavy (non-hydrogen) atoms. The molecule has 0 heterocycles. The molecule has 0 aromatic heterocycles. The fourth-order valence-corrected chi connectivity index (χ4v) is 1.51. The van der Waals surface area contributed by atoms with Crippen LogP contribution in [0.15, 0.2) is 24.3 Å². The maximum Gasteiger partial charge on any atom is 0.335 e. The first-order chi connectivity index (χ1) is 9.62. The molecular weight excluding hydrogens is 272 g/mol. The van der Waals surface area contributed by atoms with Gasteiger partial charge < -0.3 is 15.3 Å². The molecule has 0 spiro atoms. The van der Waals surface area contributed by atoms with E-state index < -0.39 is 11.4 Å². The van der Waals surface area contributed by atoms with E-state index in [1.54, 1.807) is 40.0 Å². The lowest BCUT2D eigenvalue weighted by molar-refractivity contribution is -0.130. The van der Waals surface area contributed by atoms with Crippen LogP contribution in [-0.2, 0) is 9.59 Å². The summed E-state index contributed by atoms with van der Waals surface area (Å²) in [6.45, 7) is 5.19. The molecule has 2 amide bonds. The van der Waals surface area contributed by atoms with Gasteiger partial charge in [-0.2, -0.15) is 0 Å². The number of rotatable bonds is 4. The minimum atomic E-state index is -1.02. The number of hydrogen-bond donors (Lipinski definition) is 2. The summed E-state index contributed by atoms with van der Waals surface area (Å²) in [5.41, 5.74) is 0.165.